The third kappa shape index (κ3) is 3.69. The van der Waals surface area contributed by atoms with E-state index in [1.165, 1.54) is 0 Å². The third-order valence-electron chi connectivity index (χ3n) is 4.08. The molecule has 1 aliphatic rings. The molecule has 21 heavy (non-hydrogen) atoms. The summed E-state index contributed by atoms with van der Waals surface area (Å²) in [6.07, 6.45) is 2.02. The van der Waals surface area contributed by atoms with Crippen molar-refractivity contribution in [1.29, 1.82) is 0 Å². The second-order valence-electron chi connectivity index (χ2n) is 5.41. The first-order chi connectivity index (χ1) is 9.92. The van der Waals surface area contributed by atoms with E-state index < -0.39 is 17.8 Å². The summed E-state index contributed by atoms with van der Waals surface area (Å²) in [4.78, 5) is 23.7. The summed E-state index contributed by atoms with van der Waals surface area (Å²) >= 11 is 11.9. The van der Waals surface area contributed by atoms with Crippen LogP contribution in [-0.4, -0.2) is 17.0 Å². The van der Waals surface area contributed by atoms with Crippen LogP contribution in [0.2, 0.25) is 10.0 Å². The van der Waals surface area contributed by atoms with Crippen molar-refractivity contribution in [3.05, 3.63) is 28.2 Å². The molecule has 3 atom stereocenters. The van der Waals surface area contributed by atoms with E-state index in [4.69, 9.17) is 23.2 Å². The molecule has 0 aromatic heterocycles. The predicted octanol–water partition coefficient (Wildman–Crippen LogP) is 4.07. The molecule has 6 heteroatoms. The van der Waals surface area contributed by atoms with Crippen molar-refractivity contribution >= 4 is 40.8 Å². The smallest absolute Gasteiger partial charge is 0.307 e. The quantitative estimate of drug-likeness (QED) is 0.874. The number of carboxylic acids is 1. The molecule has 0 heterocycles. The van der Waals surface area contributed by atoms with E-state index in [2.05, 4.69) is 5.32 Å². The van der Waals surface area contributed by atoms with Gasteiger partial charge in [0.05, 0.1) is 22.5 Å². The summed E-state index contributed by atoms with van der Waals surface area (Å²) < 4.78 is 0. The minimum Gasteiger partial charge on any atom is -0.481 e. The van der Waals surface area contributed by atoms with E-state index in [1.807, 2.05) is 6.92 Å². The van der Waals surface area contributed by atoms with Gasteiger partial charge in [-0.05, 0) is 37.0 Å². The first-order valence-electron chi connectivity index (χ1n) is 6.91. The number of carbonyl (C=O) groups excluding carboxylic acids is 1. The van der Waals surface area contributed by atoms with Gasteiger partial charge in [-0.3, -0.25) is 9.59 Å². The second kappa shape index (κ2) is 6.67. The largest absolute Gasteiger partial charge is 0.481 e. The molecule has 1 aromatic rings. The number of hydrogen-bond donors (Lipinski definition) is 2. The molecule has 1 fully saturated rings. The van der Waals surface area contributed by atoms with Gasteiger partial charge in [0, 0.05) is 5.02 Å². The van der Waals surface area contributed by atoms with Crippen LogP contribution >= 0.6 is 23.2 Å². The lowest BCUT2D eigenvalue weighted by Crippen LogP contribution is -2.30. The Bertz CT molecular complexity index is 562. The van der Waals surface area contributed by atoms with E-state index in [-0.39, 0.29) is 11.8 Å². The summed E-state index contributed by atoms with van der Waals surface area (Å²) in [5, 5.41) is 12.8. The highest BCUT2D eigenvalue weighted by atomic mass is 35.5. The van der Waals surface area contributed by atoms with Crippen molar-refractivity contribution in [1.82, 2.24) is 0 Å². The highest BCUT2D eigenvalue weighted by Crippen LogP contribution is 2.39. The van der Waals surface area contributed by atoms with Crippen molar-refractivity contribution in [3.63, 3.8) is 0 Å². The van der Waals surface area contributed by atoms with Crippen LogP contribution in [-0.2, 0) is 9.59 Å². The van der Waals surface area contributed by atoms with Gasteiger partial charge in [-0.1, -0.05) is 36.5 Å². The number of carbonyl (C=O) groups is 2. The van der Waals surface area contributed by atoms with E-state index in [9.17, 15) is 14.7 Å². The molecular weight excluding hydrogens is 313 g/mol. The lowest BCUT2D eigenvalue weighted by molar-refractivity contribution is -0.145. The Morgan fingerprint density at radius 3 is 2.57 bits per heavy atom. The van der Waals surface area contributed by atoms with E-state index in [0.717, 1.165) is 6.42 Å². The number of anilines is 1. The van der Waals surface area contributed by atoms with Crippen molar-refractivity contribution in [2.45, 2.75) is 26.2 Å². The van der Waals surface area contributed by atoms with Crippen LogP contribution in [0.3, 0.4) is 0 Å². The molecule has 3 unspecified atom stereocenters. The Balaban J connectivity index is 2.15. The molecule has 1 aromatic carbocycles. The fourth-order valence-corrected chi connectivity index (χ4v) is 3.19. The van der Waals surface area contributed by atoms with Gasteiger partial charge in [-0.25, -0.2) is 0 Å². The number of carboxylic acid groups (broad SMARTS) is 1. The highest BCUT2D eigenvalue weighted by Gasteiger charge is 2.42. The van der Waals surface area contributed by atoms with Crippen molar-refractivity contribution in [2.24, 2.45) is 17.8 Å². The molecule has 1 aliphatic carbocycles. The molecule has 114 valence electrons. The van der Waals surface area contributed by atoms with Gasteiger partial charge in [0.25, 0.3) is 0 Å². The molecule has 0 saturated heterocycles. The van der Waals surface area contributed by atoms with Gasteiger partial charge in [0.1, 0.15) is 0 Å². The number of hydrogen-bond acceptors (Lipinski definition) is 2. The first-order valence-corrected chi connectivity index (χ1v) is 7.66. The molecule has 0 aliphatic heterocycles. The van der Waals surface area contributed by atoms with E-state index >= 15 is 0 Å². The zero-order chi connectivity index (χ0) is 15.6. The number of aliphatic carboxylic acids is 1. The van der Waals surface area contributed by atoms with Gasteiger partial charge in [-0.2, -0.15) is 0 Å². The summed E-state index contributed by atoms with van der Waals surface area (Å²) in [6.45, 7) is 2.01. The molecule has 4 nitrogen and oxygen atoms in total. The topological polar surface area (TPSA) is 66.4 Å². The fraction of sp³-hybridized carbons (Fsp3) is 0.467. The minimum absolute atomic E-state index is 0.275. The van der Waals surface area contributed by atoms with Gasteiger partial charge in [0.2, 0.25) is 5.91 Å². The summed E-state index contributed by atoms with van der Waals surface area (Å²) in [6, 6.07) is 4.78. The standard InChI is InChI=1S/C15H17Cl2NO3/c1-2-8-5-10(11(6-8)15(20)21)14(19)18-13-7-9(16)3-4-12(13)17/h3-4,7-8,10-11H,2,5-6H2,1H3,(H,18,19)(H,20,21). The van der Waals surface area contributed by atoms with Crippen LogP contribution in [0.25, 0.3) is 0 Å². The zero-order valence-electron chi connectivity index (χ0n) is 11.6. The Labute approximate surface area is 133 Å². The molecule has 0 bridgehead atoms. The minimum atomic E-state index is -0.914. The number of amides is 1. The lowest BCUT2D eigenvalue weighted by Gasteiger charge is -2.16. The summed E-state index contributed by atoms with van der Waals surface area (Å²) in [5.74, 6) is -2.10. The SMILES string of the molecule is CCC1CC(C(=O)O)C(C(=O)Nc2cc(Cl)ccc2Cl)C1. The van der Waals surface area contributed by atoms with Gasteiger partial charge in [-0.15, -0.1) is 0 Å². The molecule has 2 rings (SSSR count). The van der Waals surface area contributed by atoms with Crippen LogP contribution < -0.4 is 5.32 Å². The van der Waals surface area contributed by atoms with Crippen LogP contribution in [0, 0.1) is 17.8 Å². The average molecular weight is 330 g/mol. The second-order valence-corrected chi connectivity index (χ2v) is 6.25. The maximum atomic E-state index is 12.4. The number of nitrogens with one attached hydrogen (secondary N) is 1. The Morgan fingerprint density at radius 1 is 1.29 bits per heavy atom. The molecule has 0 spiro atoms. The molecule has 0 radical (unpaired) electrons. The first kappa shape index (κ1) is 16.1. The van der Waals surface area contributed by atoms with Gasteiger partial charge >= 0.3 is 5.97 Å². The number of rotatable bonds is 4. The van der Waals surface area contributed by atoms with Crippen LogP contribution in [0.4, 0.5) is 5.69 Å². The number of benzene rings is 1. The Morgan fingerprint density at radius 2 is 1.95 bits per heavy atom. The maximum absolute atomic E-state index is 12.4. The highest BCUT2D eigenvalue weighted by molar-refractivity contribution is 6.35. The Kier molecular flexibility index (Phi) is 5.12. The van der Waals surface area contributed by atoms with Crippen molar-refractivity contribution in [3.8, 4) is 0 Å². The maximum Gasteiger partial charge on any atom is 0.307 e. The molecular formula is C15H17Cl2NO3. The third-order valence-corrected chi connectivity index (χ3v) is 4.64. The molecule has 1 saturated carbocycles. The predicted molar refractivity (Wildman–Crippen MR) is 82.7 cm³/mol. The zero-order valence-corrected chi connectivity index (χ0v) is 13.1. The number of halogens is 2. The van der Waals surface area contributed by atoms with E-state index in [1.54, 1.807) is 18.2 Å². The van der Waals surface area contributed by atoms with Crippen molar-refractivity contribution in [2.75, 3.05) is 5.32 Å². The van der Waals surface area contributed by atoms with Crippen molar-refractivity contribution < 1.29 is 14.7 Å². The van der Waals surface area contributed by atoms with Crippen LogP contribution in [0.15, 0.2) is 18.2 Å². The van der Waals surface area contributed by atoms with Crippen LogP contribution in [0.1, 0.15) is 26.2 Å². The molecule has 1 amide bonds. The normalized spacial score (nSPS) is 24.8. The summed E-state index contributed by atoms with van der Waals surface area (Å²) in [5.41, 5.74) is 0.415. The fourth-order valence-electron chi connectivity index (χ4n) is 2.86. The van der Waals surface area contributed by atoms with Crippen LogP contribution in [0.5, 0.6) is 0 Å². The average Bonchev–Trinajstić information content (AvgIpc) is 2.87. The summed E-state index contributed by atoms with van der Waals surface area (Å²) in [7, 11) is 0. The molecule has 2 N–H and O–H groups in total. The van der Waals surface area contributed by atoms with Gasteiger partial charge < -0.3 is 10.4 Å². The monoisotopic (exact) mass is 329 g/mol. The van der Waals surface area contributed by atoms with E-state index in [0.29, 0.717) is 28.6 Å². The Hall–Kier alpha value is -1.26. The van der Waals surface area contributed by atoms with Gasteiger partial charge in [0.15, 0.2) is 0 Å². The lowest BCUT2D eigenvalue weighted by atomic mass is 9.95.